The number of halogens is 2. The molecule has 0 amide bonds. The highest BCUT2D eigenvalue weighted by molar-refractivity contribution is 14.1. The Morgan fingerprint density at radius 1 is 1.18 bits per heavy atom. The smallest absolute Gasteiger partial charge is 0.134 e. The molecule has 0 spiro atoms. The normalized spacial score (nSPS) is 10.3. The highest BCUT2D eigenvalue weighted by atomic mass is 127. The molecule has 2 rings (SSSR count). The van der Waals surface area contributed by atoms with Crippen LogP contribution in [0.4, 0.5) is 0 Å². The summed E-state index contributed by atoms with van der Waals surface area (Å²) in [6, 6.07) is 13.0. The van der Waals surface area contributed by atoms with Crippen LogP contribution in [-0.2, 0) is 6.61 Å². The van der Waals surface area contributed by atoms with Gasteiger partial charge in [0.1, 0.15) is 11.5 Å². The number of hydrogen-bond acceptors (Lipinski definition) is 2. The second-order valence-corrected chi connectivity index (χ2v) is 5.09. The third-order valence-corrected chi connectivity index (χ3v) is 3.28. The largest absolute Gasteiger partial charge is 0.457 e. The van der Waals surface area contributed by atoms with E-state index in [0.717, 1.165) is 9.32 Å². The number of rotatable bonds is 3. The molecule has 2 aromatic carbocycles. The zero-order chi connectivity index (χ0) is 12.3. The standard InChI is InChI=1S/C13H10ClIO2/c14-12-5-2-6-13(11(12)8-16)17-10-4-1-3-9(15)7-10/h1-7,16H,8H2. The molecule has 0 aliphatic rings. The Morgan fingerprint density at radius 3 is 2.65 bits per heavy atom. The lowest BCUT2D eigenvalue weighted by molar-refractivity contribution is 0.276. The van der Waals surface area contributed by atoms with Gasteiger partial charge >= 0.3 is 0 Å². The maximum absolute atomic E-state index is 9.27. The van der Waals surface area contributed by atoms with Gasteiger partial charge in [-0.3, -0.25) is 0 Å². The highest BCUT2D eigenvalue weighted by Gasteiger charge is 2.08. The molecule has 0 aliphatic heterocycles. The van der Waals surface area contributed by atoms with Crippen molar-refractivity contribution in [1.29, 1.82) is 0 Å². The van der Waals surface area contributed by atoms with Crippen LogP contribution in [0.25, 0.3) is 0 Å². The van der Waals surface area contributed by atoms with Gasteiger partial charge in [0.15, 0.2) is 0 Å². The molecular formula is C13H10ClIO2. The third kappa shape index (κ3) is 3.12. The van der Waals surface area contributed by atoms with E-state index in [4.69, 9.17) is 16.3 Å². The van der Waals surface area contributed by atoms with Gasteiger partial charge in [-0.25, -0.2) is 0 Å². The minimum atomic E-state index is -0.140. The van der Waals surface area contributed by atoms with Crippen LogP contribution in [0.2, 0.25) is 5.02 Å². The van der Waals surface area contributed by atoms with Crippen LogP contribution < -0.4 is 4.74 Å². The van der Waals surface area contributed by atoms with Crippen molar-refractivity contribution >= 4 is 34.2 Å². The summed E-state index contributed by atoms with van der Waals surface area (Å²) < 4.78 is 6.80. The van der Waals surface area contributed by atoms with Gasteiger partial charge < -0.3 is 9.84 Å². The van der Waals surface area contributed by atoms with Gasteiger partial charge in [0.05, 0.1) is 6.61 Å². The maximum atomic E-state index is 9.27. The molecule has 2 nitrogen and oxygen atoms in total. The number of aliphatic hydroxyl groups excluding tert-OH is 1. The molecule has 88 valence electrons. The van der Waals surface area contributed by atoms with Crippen LogP contribution in [0.3, 0.4) is 0 Å². The monoisotopic (exact) mass is 360 g/mol. The van der Waals surface area contributed by atoms with E-state index in [1.807, 2.05) is 24.3 Å². The van der Waals surface area contributed by atoms with Gasteiger partial charge in [0.25, 0.3) is 0 Å². The van der Waals surface area contributed by atoms with E-state index in [1.54, 1.807) is 18.2 Å². The lowest BCUT2D eigenvalue weighted by atomic mass is 10.2. The third-order valence-electron chi connectivity index (χ3n) is 2.26. The summed E-state index contributed by atoms with van der Waals surface area (Å²) in [5.74, 6) is 1.32. The molecule has 0 radical (unpaired) electrons. The predicted octanol–water partition coefficient (Wildman–Crippen LogP) is 4.23. The first-order chi connectivity index (χ1) is 8.20. The van der Waals surface area contributed by atoms with Crippen molar-refractivity contribution in [3.05, 3.63) is 56.6 Å². The number of aliphatic hydroxyl groups is 1. The Bertz CT molecular complexity index is 529. The van der Waals surface area contributed by atoms with Crippen LogP contribution in [-0.4, -0.2) is 5.11 Å². The van der Waals surface area contributed by atoms with Crippen molar-refractivity contribution in [2.24, 2.45) is 0 Å². The van der Waals surface area contributed by atoms with Crippen molar-refractivity contribution in [1.82, 2.24) is 0 Å². The van der Waals surface area contributed by atoms with Crippen molar-refractivity contribution in [3.8, 4) is 11.5 Å². The van der Waals surface area contributed by atoms with E-state index in [1.165, 1.54) is 0 Å². The Kier molecular flexibility index (Phi) is 4.25. The van der Waals surface area contributed by atoms with Crippen LogP contribution >= 0.6 is 34.2 Å². The van der Waals surface area contributed by atoms with Crippen molar-refractivity contribution < 1.29 is 9.84 Å². The summed E-state index contributed by atoms with van der Waals surface area (Å²) >= 11 is 8.20. The second kappa shape index (κ2) is 5.71. The van der Waals surface area contributed by atoms with Crippen molar-refractivity contribution in [2.45, 2.75) is 6.61 Å². The van der Waals surface area contributed by atoms with Crippen LogP contribution in [0.15, 0.2) is 42.5 Å². The molecule has 4 heteroatoms. The van der Waals surface area contributed by atoms with E-state index in [-0.39, 0.29) is 6.61 Å². The molecule has 0 saturated heterocycles. The molecule has 0 unspecified atom stereocenters. The van der Waals surface area contributed by atoms with Crippen LogP contribution in [0, 0.1) is 3.57 Å². The zero-order valence-corrected chi connectivity index (χ0v) is 11.8. The lowest BCUT2D eigenvalue weighted by Gasteiger charge is -2.11. The fourth-order valence-electron chi connectivity index (χ4n) is 1.45. The Morgan fingerprint density at radius 2 is 1.94 bits per heavy atom. The first kappa shape index (κ1) is 12.7. The first-order valence-corrected chi connectivity index (χ1v) is 6.48. The summed E-state index contributed by atoms with van der Waals surface area (Å²) in [4.78, 5) is 0. The molecule has 0 bridgehead atoms. The average Bonchev–Trinajstić information content (AvgIpc) is 2.29. The topological polar surface area (TPSA) is 29.5 Å². The molecule has 0 aromatic heterocycles. The zero-order valence-electron chi connectivity index (χ0n) is 8.86. The van der Waals surface area contributed by atoms with Gasteiger partial charge in [-0.15, -0.1) is 0 Å². The minimum Gasteiger partial charge on any atom is -0.457 e. The van der Waals surface area contributed by atoms with Gasteiger partial charge in [-0.1, -0.05) is 23.7 Å². The summed E-state index contributed by atoms with van der Waals surface area (Å²) in [5, 5.41) is 9.78. The van der Waals surface area contributed by atoms with Gasteiger partial charge in [0, 0.05) is 14.2 Å². The van der Waals surface area contributed by atoms with Crippen molar-refractivity contribution in [3.63, 3.8) is 0 Å². The quantitative estimate of drug-likeness (QED) is 0.830. The summed E-state index contributed by atoms with van der Waals surface area (Å²) in [7, 11) is 0. The van der Waals surface area contributed by atoms with Gasteiger partial charge in [0.2, 0.25) is 0 Å². The maximum Gasteiger partial charge on any atom is 0.134 e. The molecule has 0 heterocycles. The molecule has 0 aliphatic carbocycles. The fourth-order valence-corrected chi connectivity index (χ4v) is 2.19. The first-order valence-electron chi connectivity index (χ1n) is 5.02. The van der Waals surface area contributed by atoms with E-state index in [2.05, 4.69) is 22.6 Å². The molecule has 0 saturated carbocycles. The molecule has 17 heavy (non-hydrogen) atoms. The summed E-state index contributed by atoms with van der Waals surface area (Å²) in [6.07, 6.45) is 0. The van der Waals surface area contributed by atoms with Crippen LogP contribution in [0.1, 0.15) is 5.56 Å². The summed E-state index contributed by atoms with van der Waals surface area (Å²) in [6.45, 7) is -0.140. The van der Waals surface area contributed by atoms with Crippen molar-refractivity contribution in [2.75, 3.05) is 0 Å². The molecule has 2 aromatic rings. The number of ether oxygens (including phenoxy) is 1. The van der Waals surface area contributed by atoms with E-state index in [0.29, 0.717) is 16.3 Å². The van der Waals surface area contributed by atoms with E-state index < -0.39 is 0 Å². The van der Waals surface area contributed by atoms with Crippen LogP contribution in [0.5, 0.6) is 11.5 Å². The minimum absolute atomic E-state index is 0.140. The van der Waals surface area contributed by atoms with Gasteiger partial charge in [-0.2, -0.15) is 0 Å². The molecule has 0 fully saturated rings. The molecule has 1 N–H and O–H groups in total. The fraction of sp³-hybridized carbons (Fsp3) is 0.0769. The van der Waals surface area contributed by atoms with Gasteiger partial charge in [-0.05, 0) is 52.9 Å². The summed E-state index contributed by atoms with van der Waals surface area (Å²) in [5.41, 5.74) is 0.605. The number of benzene rings is 2. The second-order valence-electron chi connectivity index (χ2n) is 3.43. The molecular weight excluding hydrogens is 350 g/mol. The Labute approximate surface area is 118 Å². The average molecular weight is 361 g/mol. The highest BCUT2D eigenvalue weighted by Crippen LogP contribution is 2.30. The van der Waals surface area contributed by atoms with E-state index in [9.17, 15) is 5.11 Å². The Hall–Kier alpha value is -0.780. The predicted molar refractivity (Wildman–Crippen MR) is 76.6 cm³/mol. The number of hydrogen-bond donors (Lipinski definition) is 1. The Balaban J connectivity index is 2.33. The lowest BCUT2D eigenvalue weighted by Crippen LogP contribution is -1.92. The SMILES string of the molecule is OCc1c(Cl)cccc1Oc1cccc(I)c1. The molecule has 0 atom stereocenters. The van der Waals surface area contributed by atoms with E-state index >= 15 is 0 Å².